The van der Waals surface area contributed by atoms with Gasteiger partial charge < -0.3 is 4.57 Å². The van der Waals surface area contributed by atoms with E-state index in [1.54, 1.807) is 19.2 Å². The molecule has 0 aliphatic heterocycles. The number of halogens is 4. The largest absolute Gasteiger partial charge is 0.407 e. The van der Waals surface area contributed by atoms with Crippen molar-refractivity contribution >= 4 is 32.5 Å². The molecule has 1 aromatic carbocycles. The highest BCUT2D eigenvalue weighted by atomic mass is 35.5. The van der Waals surface area contributed by atoms with Gasteiger partial charge in [-0.3, -0.25) is 4.98 Å². The molecule has 3 rings (SSSR count). The molecule has 0 bridgehead atoms. The zero-order chi connectivity index (χ0) is 20.0. The van der Waals surface area contributed by atoms with Gasteiger partial charge >= 0.3 is 6.18 Å². The Bertz CT molecular complexity index is 1110. The minimum Gasteiger partial charge on any atom is -0.344 e. The lowest BCUT2D eigenvalue weighted by molar-refractivity contribution is -0.130. The first-order chi connectivity index (χ1) is 12.5. The van der Waals surface area contributed by atoms with Crippen LogP contribution in [0, 0.1) is 0 Å². The summed E-state index contributed by atoms with van der Waals surface area (Å²) in [7, 11) is -3.01. The Hall–Kier alpha value is -2.10. The summed E-state index contributed by atoms with van der Waals surface area (Å²) < 4.78 is 63.8. The summed E-state index contributed by atoms with van der Waals surface area (Å²) in [6, 6.07) is 8.68. The van der Waals surface area contributed by atoms with Crippen molar-refractivity contribution in [2.24, 2.45) is 12.2 Å². The van der Waals surface area contributed by atoms with Gasteiger partial charge in [0, 0.05) is 47.4 Å². The summed E-state index contributed by atoms with van der Waals surface area (Å²) in [5.74, 6) is 0. The minimum absolute atomic E-state index is 0.118. The number of nitrogens with two attached hydrogens (primary N) is 1. The molecule has 27 heavy (non-hydrogen) atoms. The summed E-state index contributed by atoms with van der Waals surface area (Å²) >= 11 is 6.01. The minimum atomic E-state index is -4.97. The Morgan fingerprint density at radius 3 is 2.56 bits per heavy atom. The molecule has 0 aliphatic rings. The van der Waals surface area contributed by atoms with Gasteiger partial charge in [0.15, 0.2) is 5.25 Å². The van der Waals surface area contributed by atoms with Crippen LogP contribution in [0.15, 0.2) is 42.7 Å². The zero-order valence-electron chi connectivity index (χ0n) is 14.0. The first-order valence-electron chi connectivity index (χ1n) is 7.74. The molecule has 0 radical (unpaired) electrons. The predicted molar refractivity (Wildman–Crippen MR) is 97.8 cm³/mol. The molecule has 0 saturated carbocycles. The Morgan fingerprint density at radius 1 is 1.22 bits per heavy atom. The van der Waals surface area contributed by atoms with Crippen LogP contribution in [0.2, 0.25) is 5.02 Å². The van der Waals surface area contributed by atoms with Crippen molar-refractivity contribution in [3.63, 3.8) is 0 Å². The number of hydrogen-bond donors (Lipinski definition) is 1. The third-order valence-corrected chi connectivity index (χ3v) is 5.74. The highest BCUT2D eigenvalue weighted by Gasteiger charge is 2.47. The fourth-order valence-corrected chi connectivity index (χ4v) is 3.92. The monoisotopic (exact) mass is 417 g/mol. The molecule has 2 aromatic heterocycles. The van der Waals surface area contributed by atoms with Gasteiger partial charge in [0.25, 0.3) is 0 Å². The maximum absolute atomic E-state index is 13.1. The van der Waals surface area contributed by atoms with E-state index in [1.807, 2.05) is 16.7 Å². The van der Waals surface area contributed by atoms with Crippen LogP contribution in [-0.2, 0) is 23.5 Å². The molecular weight excluding hydrogens is 403 g/mol. The normalized spacial score (nSPS) is 13.9. The number of hydrogen-bond acceptors (Lipinski definition) is 3. The molecule has 1 atom stereocenters. The van der Waals surface area contributed by atoms with Crippen LogP contribution < -0.4 is 5.14 Å². The average molecular weight is 418 g/mol. The van der Waals surface area contributed by atoms with E-state index in [9.17, 15) is 21.6 Å². The first kappa shape index (κ1) is 19.7. The van der Waals surface area contributed by atoms with Gasteiger partial charge in [0.05, 0.1) is 5.69 Å². The van der Waals surface area contributed by atoms with E-state index in [1.165, 1.54) is 18.5 Å². The van der Waals surface area contributed by atoms with Gasteiger partial charge in [-0.15, -0.1) is 0 Å². The summed E-state index contributed by atoms with van der Waals surface area (Å²) in [5, 5.41) is 3.54. The topological polar surface area (TPSA) is 78.0 Å². The predicted octanol–water partition coefficient (Wildman–Crippen LogP) is 3.66. The molecule has 0 aliphatic carbocycles. The fourth-order valence-electron chi connectivity index (χ4n) is 2.95. The van der Waals surface area contributed by atoms with E-state index >= 15 is 0 Å². The number of sulfonamides is 1. The van der Waals surface area contributed by atoms with Crippen molar-refractivity contribution in [2.45, 2.75) is 17.8 Å². The van der Waals surface area contributed by atoms with E-state index in [-0.39, 0.29) is 5.56 Å². The molecule has 0 amide bonds. The van der Waals surface area contributed by atoms with E-state index < -0.39 is 27.9 Å². The molecule has 144 valence electrons. The summed E-state index contributed by atoms with van der Waals surface area (Å²) in [5.41, 5.74) is 2.23. The maximum atomic E-state index is 13.1. The molecular formula is C17H15ClF3N3O2S. The number of aromatic nitrogens is 2. The highest BCUT2D eigenvalue weighted by Crippen LogP contribution is 2.31. The molecule has 2 N–H and O–H groups in total. The van der Waals surface area contributed by atoms with Gasteiger partial charge in [0.1, 0.15) is 0 Å². The van der Waals surface area contributed by atoms with Gasteiger partial charge in [0.2, 0.25) is 10.0 Å². The van der Waals surface area contributed by atoms with Crippen LogP contribution >= 0.6 is 11.6 Å². The second-order valence-corrected chi connectivity index (χ2v) is 8.38. The van der Waals surface area contributed by atoms with Crippen LogP contribution in [-0.4, -0.2) is 29.4 Å². The van der Waals surface area contributed by atoms with E-state index in [4.69, 9.17) is 16.7 Å². The third-order valence-electron chi connectivity index (χ3n) is 4.28. The van der Waals surface area contributed by atoms with Crippen molar-refractivity contribution in [3.8, 4) is 11.3 Å². The van der Waals surface area contributed by atoms with E-state index in [0.29, 0.717) is 16.3 Å². The van der Waals surface area contributed by atoms with Crippen molar-refractivity contribution < 1.29 is 21.6 Å². The smallest absolute Gasteiger partial charge is 0.344 e. The molecule has 0 fully saturated rings. The molecule has 0 saturated heterocycles. The second kappa shape index (κ2) is 6.81. The number of rotatable bonds is 4. The molecule has 0 spiro atoms. The number of benzene rings is 1. The quantitative estimate of drug-likeness (QED) is 0.703. The highest BCUT2D eigenvalue weighted by molar-refractivity contribution is 7.89. The van der Waals surface area contributed by atoms with Crippen LogP contribution in [0.3, 0.4) is 0 Å². The molecule has 10 heteroatoms. The number of nitrogens with zero attached hydrogens (tertiary/aromatic N) is 2. The van der Waals surface area contributed by atoms with Gasteiger partial charge in [-0.25, -0.2) is 13.6 Å². The molecule has 1 unspecified atom stereocenters. The van der Waals surface area contributed by atoms with Gasteiger partial charge in [-0.1, -0.05) is 17.7 Å². The molecule has 2 heterocycles. The van der Waals surface area contributed by atoms with Crippen LogP contribution in [0.5, 0.6) is 0 Å². The number of alkyl halides is 3. The fraction of sp³-hybridized carbons (Fsp3) is 0.235. The number of aryl methyl sites for hydroxylation is 1. The van der Waals surface area contributed by atoms with Crippen LogP contribution in [0.1, 0.15) is 5.56 Å². The maximum Gasteiger partial charge on any atom is 0.407 e. The number of primary sulfonamides is 1. The molecule has 3 aromatic rings. The Kier molecular flexibility index (Phi) is 4.96. The summed E-state index contributed by atoms with van der Waals surface area (Å²) in [6.07, 6.45) is -3.08. The summed E-state index contributed by atoms with van der Waals surface area (Å²) in [4.78, 5) is 3.96. The van der Waals surface area contributed by atoms with Crippen LogP contribution in [0.4, 0.5) is 13.2 Å². The van der Waals surface area contributed by atoms with Crippen LogP contribution in [0.25, 0.3) is 22.2 Å². The lowest BCUT2D eigenvalue weighted by Gasteiger charge is -2.18. The SMILES string of the molecule is Cn1c(-c2cncc(CC(C(F)(F)F)S(N)(=O)=O)c2)cc2ccc(Cl)cc21. The lowest BCUT2D eigenvalue weighted by atomic mass is 10.1. The third kappa shape index (κ3) is 4.10. The first-order valence-corrected chi connectivity index (χ1v) is 9.73. The Morgan fingerprint density at radius 2 is 1.93 bits per heavy atom. The zero-order valence-corrected chi connectivity index (χ0v) is 15.6. The van der Waals surface area contributed by atoms with Crippen molar-refractivity contribution in [2.75, 3.05) is 0 Å². The summed E-state index contributed by atoms with van der Waals surface area (Å²) in [6.45, 7) is 0. The number of fused-ring (bicyclic) bond motifs is 1. The number of pyridine rings is 1. The van der Waals surface area contributed by atoms with E-state index in [2.05, 4.69) is 4.98 Å². The van der Waals surface area contributed by atoms with Crippen molar-refractivity contribution in [3.05, 3.63) is 53.3 Å². The lowest BCUT2D eigenvalue weighted by Crippen LogP contribution is -2.42. The van der Waals surface area contributed by atoms with E-state index in [0.717, 1.165) is 10.9 Å². The standard InChI is InChI=1S/C17H15ClF3N3O2S/c1-24-14(6-11-2-3-13(18)7-15(11)24)12-4-10(8-23-9-12)5-16(17(19,20)21)27(22,25)26/h2-4,6-9,16H,5H2,1H3,(H2,22,25,26). The van der Waals surface area contributed by atoms with Crippen molar-refractivity contribution in [1.82, 2.24) is 9.55 Å². The average Bonchev–Trinajstić information content (AvgIpc) is 2.87. The Labute approximate surface area is 158 Å². The van der Waals surface area contributed by atoms with Crippen molar-refractivity contribution in [1.29, 1.82) is 0 Å². The van der Waals surface area contributed by atoms with Gasteiger partial charge in [-0.2, -0.15) is 13.2 Å². The Balaban J connectivity index is 2.03. The van der Waals surface area contributed by atoms with Gasteiger partial charge in [-0.05, 0) is 29.8 Å². The second-order valence-electron chi connectivity index (χ2n) is 6.20. The molecule has 5 nitrogen and oxygen atoms in total.